The SMILES string of the molecule is CCCCCC[C@@H]1[C@@H](CO)N1S(=O)(=O)c1ccc(C)cc1. The molecule has 0 aromatic heterocycles. The van der Waals surface area contributed by atoms with Gasteiger partial charge >= 0.3 is 0 Å². The molecule has 0 bridgehead atoms. The highest BCUT2D eigenvalue weighted by Gasteiger charge is 2.54. The number of rotatable bonds is 8. The first-order valence-corrected chi connectivity index (χ1v) is 9.17. The van der Waals surface area contributed by atoms with E-state index in [1.165, 1.54) is 17.1 Å². The van der Waals surface area contributed by atoms with Crippen molar-refractivity contribution in [3.05, 3.63) is 29.8 Å². The normalized spacial score (nSPS) is 25.0. The fourth-order valence-corrected chi connectivity index (χ4v) is 4.64. The van der Waals surface area contributed by atoms with Crippen LogP contribution in [-0.2, 0) is 10.0 Å². The van der Waals surface area contributed by atoms with E-state index in [4.69, 9.17) is 0 Å². The van der Waals surface area contributed by atoms with Gasteiger partial charge in [-0.3, -0.25) is 0 Å². The number of hydrogen-bond donors (Lipinski definition) is 1. The number of benzene rings is 1. The number of unbranched alkanes of at least 4 members (excludes halogenated alkanes) is 3. The number of aryl methyl sites for hydroxylation is 1. The Morgan fingerprint density at radius 1 is 1.10 bits per heavy atom. The Bertz CT molecular complexity index is 553. The van der Waals surface area contributed by atoms with Gasteiger partial charge in [0.15, 0.2) is 0 Å². The van der Waals surface area contributed by atoms with Crippen LogP contribution >= 0.6 is 0 Å². The van der Waals surface area contributed by atoms with Crippen molar-refractivity contribution in [1.29, 1.82) is 0 Å². The number of nitrogens with zero attached hydrogens (tertiary/aromatic N) is 1. The Morgan fingerprint density at radius 2 is 1.76 bits per heavy atom. The molecule has 0 radical (unpaired) electrons. The number of aliphatic hydroxyl groups is 1. The molecule has 1 N–H and O–H groups in total. The van der Waals surface area contributed by atoms with Gasteiger partial charge in [-0.1, -0.05) is 50.3 Å². The first-order chi connectivity index (χ1) is 10.0. The predicted molar refractivity (Wildman–Crippen MR) is 83.6 cm³/mol. The largest absolute Gasteiger partial charge is 0.395 e. The molecule has 0 spiro atoms. The number of sulfonamides is 1. The van der Waals surface area contributed by atoms with Crippen molar-refractivity contribution in [2.24, 2.45) is 0 Å². The second-order valence-electron chi connectivity index (χ2n) is 5.81. The van der Waals surface area contributed by atoms with Gasteiger partial charge in [-0.25, -0.2) is 8.42 Å². The fraction of sp³-hybridized carbons (Fsp3) is 0.625. The minimum Gasteiger partial charge on any atom is -0.395 e. The van der Waals surface area contributed by atoms with E-state index < -0.39 is 10.0 Å². The summed E-state index contributed by atoms with van der Waals surface area (Å²) in [7, 11) is -3.46. The van der Waals surface area contributed by atoms with Crippen LogP contribution in [0.5, 0.6) is 0 Å². The van der Waals surface area contributed by atoms with Crippen LogP contribution in [0.3, 0.4) is 0 Å². The van der Waals surface area contributed by atoms with Crippen LogP contribution in [0, 0.1) is 6.92 Å². The summed E-state index contributed by atoms with van der Waals surface area (Å²) in [6.45, 7) is 3.99. The second-order valence-corrected chi connectivity index (χ2v) is 7.66. The molecule has 5 heteroatoms. The first-order valence-electron chi connectivity index (χ1n) is 7.73. The molecule has 1 unspecified atom stereocenters. The lowest BCUT2D eigenvalue weighted by atomic mass is 10.1. The maximum Gasteiger partial charge on any atom is 0.243 e. The van der Waals surface area contributed by atoms with Gasteiger partial charge in [-0.15, -0.1) is 0 Å². The lowest BCUT2D eigenvalue weighted by molar-refractivity contribution is 0.286. The fourth-order valence-electron chi connectivity index (χ4n) is 2.80. The van der Waals surface area contributed by atoms with E-state index in [0.717, 1.165) is 24.8 Å². The van der Waals surface area contributed by atoms with Gasteiger partial charge < -0.3 is 5.11 Å². The number of hydrogen-bond acceptors (Lipinski definition) is 3. The Hall–Kier alpha value is -0.910. The van der Waals surface area contributed by atoms with E-state index in [9.17, 15) is 13.5 Å². The third-order valence-corrected chi connectivity index (χ3v) is 6.11. The minimum atomic E-state index is -3.46. The summed E-state index contributed by atoms with van der Waals surface area (Å²) in [6, 6.07) is 6.63. The molecule has 0 aliphatic carbocycles. The van der Waals surface area contributed by atoms with Crippen molar-refractivity contribution < 1.29 is 13.5 Å². The van der Waals surface area contributed by atoms with Gasteiger partial charge in [0.25, 0.3) is 0 Å². The topological polar surface area (TPSA) is 57.4 Å². The summed E-state index contributed by atoms with van der Waals surface area (Å²) < 4.78 is 26.7. The van der Waals surface area contributed by atoms with E-state index >= 15 is 0 Å². The van der Waals surface area contributed by atoms with Crippen LogP contribution in [0.1, 0.15) is 44.6 Å². The third-order valence-electron chi connectivity index (χ3n) is 4.15. The highest BCUT2D eigenvalue weighted by atomic mass is 32.2. The molecule has 0 amide bonds. The smallest absolute Gasteiger partial charge is 0.243 e. The van der Waals surface area contributed by atoms with Crippen LogP contribution in [0.2, 0.25) is 0 Å². The van der Waals surface area contributed by atoms with Crippen molar-refractivity contribution in [1.82, 2.24) is 4.31 Å². The van der Waals surface area contributed by atoms with Gasteiger partial charge in [0, 0.05) is 6.04 Å². The maximum atomic E-state index is 12.6. The zero-order valence-electron chi connectivity index (χ0n) is 12.8. The van der Waals surface area contributed by atoms with E-state index in [2.05, 4.69) is 6.92 Å². The molecule has 118 valence electrons. The Balaban J connectivity index is 2.04. The summed E-state index contributed by atoms with van der Waals surface area (Å²) in [6.07, 6.45) is 5.34. The monoisotopic (exact) mass is 311 g/mol. The van der Waals surface area contributed by atoms with Crippen molar-refractivity contribution in [2.75, 3.05) is 6.61 Å². The molecular formula is C16H25NO3S. The molecule has 1 aromatic carbocycles. The van der Waals surface area contributed by atoms with Crippen molar-refractivity contribution in [3.8, 4) is 0 Å². The molecule has 21 heavy (non-hydrogen) atoms. The van der Waals surface area contributed by atoms with Gasteiger partial charge in [0.2, 0.25) is 10.0 Å². The highest BCUT2D eigenvalue weighted by Crippen LogP contribution is 2.38. The van der Waals surface area contributed by atoms with E-state index in [1.54, 1.807) is 24.3 Å². The molecule has 2 rings (SSSR count). The van der Waals surface area contributed by atoms with E-state index in [-0.39, 0.29) is 18.7 Å². The predicted octanol–water partition coefficient (Wildman–Crippen LogP) is 2.70. The molecule has 1 saturated heterocycles. The molecular weight excluding hydrogens is 286 g/mol. The van der Waals surface area contributed by atoms with Gasteiger partial charge in [0.05, 0.1) is 17.5 Å². The summed E-state index contributed by atoms with van der Waals surface area (Å²) >= 11 is 0. The molecule has 3 atom stereocenters. The summed E-state index contributed by atoms with van der Waals surface area (Å²) in [5.74, 6) is 0. The van der Waals surface area contributed by atoms with Gasteiger partial charge in [-0.05, 0) is 25.5 Å². The first kappa shape index (κ1) is 16.5. The molecule has 1 aromatic rings. The molecule has 1 aliphatic rings. The molecule has 1 heterocycles. The second kappa shape index (κ2) is 6.90. The summed E-state index contributed by atoms with van der Waals surface area (Å²) in [4.78, 5) is 0.322. The zero-order chi connectivity index (χ0) is 15.5. The van der Waals surface area contributed by atoms with Gasteiger partial charge in [-0.2, -0.15) is 4.31 Å². The summed E-state index contributed by atoms with van der Waals surface area (Å²) in [5, 5.41) is 9.40. The van der Waals surface area contributed by atoms with Crippen molar-refractivity contribution >= 4 is 10.0 Å². The summed E-state index contributed by atoms with van der Waals surface area (Å²) in [5.41, 5.74) is 1.04. The van der Waals surface area contributed by atoms with Crippen LogP contribution in [0.4, 0.5) is 0 Å². The molecule has 0 saturated carbocycles. The highest BCUT2D eigenvalue weighted by molar-refractivity contribution is 7.89. The standard InChI is InChI=1S/C16H25NO3S/c1-3-4-5-6-7-15-16(12-18)17(15)21(19,20)14-10-8-13(2)9-11-14/h8-11,15-16,18H,3-7,12H2,1-2H3/t15-,16-,17?/m1/s1. The Kier molecular flexibility index (Phi) is 5.41. The molecule has 4 nitrogen and oxygen atoms in total. The van der Waals surface area contributed by atoms with Crippen molar-refractivity contribution in [3.63, 3.8) is 0 Å². The van der Waals surface area contributed by atoms with Crippen LogP contribution < -0.4 is 0 Å². The third kappa shape index (κ3) is 3.65. The zero-order valence-corrected chi connectivity index (χ0v) is 13.6. The lowest BCUT2D eigenvalue weighted by Gasteiger charge is -2.07. The van der Waals surface area contributed by atoms with E-state index in [0.29, 0.717) is 4.90 Å². The Morgan fingerprint density at radius 3 is 2.33 bits per heavy atom. The van der Waals surface area contributed by atoms with Gasteiger partial charge in [0.1, 0.15) is 0 Å². The van der Waals surface area contributed by atoms with E-state index in [1.807, 2.05) is 6.92 Å². The lowest BCUT2D eigenvalue weighted by Crippen LogP contribution is -2.17. The van der Waals surface area contributed by atoms with Crippen LogP contribution in [-0.4, -0.2) is 36.5 Å². The minimum absolute atomic E-state index is 0.0295. The maximum absolute atomic E-state index is 12.6. The quantitative estimate of drug-likeness (QED) is 0.593. The van der Waals surface area contributed by atoms with Crippen LogP contribution in [0.15, 0.2) is 29.2 Å². The van der Waals surface area contributed by atoms with Crippen molar-refractivity contribution in [2.45, 2.75) is 62.9 Å². The molecule has 1 aliphatic heterocycles. The average molecular weight is 311 g/mol. The average Bonchev–Trinajstić information content (AvgIpc) is 3.18. The molecule has 1 fully saturated rings. The van der Waals surface area contributed by atoms with Crippen LogP contribution in [0.25, 0.3) is 0 Å². The Labute approximate surface area is 127 Å². The number of aliphatic hydroxyl groups excluding tert-OH is 1.